The molecule has 13 heavy (non-hydrogen) atoms. The van der Waals surface area contributed by atoms with Crippen molar-refractivity contribution in [2.75, 3.05) is 7.11 Å². The van der Waals surface area contributed by atoms with Crippen LogP contribution in [0.25, 0.3) is 5.52 Å². The van der Waals surface area contributed by atoms with Crippen molar-refractivity contribution in [2.45, 2.75) is 0 Å². The fourth-order valence-electron chi connectivity index (χ4n) is 1.16. The summed E-state index contributed by atoms with van der Waals surface area (Å²) in [5, 5.41) is 4.66. The molecule has 0 bridgehead atoms. The van der Waals surface area contributed by atoms with Crippen molar-refractivity contribution in [2.24, 2.45) is 0 Å². The Hall–Kier alpha value is -0.740. The first-order valence-corrected chi connectivity index (χ1v) is 4.77. The van der Waals surface area contributed by atoms with Crippen LogP contribution in [-0.4, -0.2) is 16.7 Å². The quantitative estimate of drug-likeness (QED) is 0.789. The second-order valence-corrected chi connectivity index (χ2v) is 3.74. The number of hydrogen-bond acceptors (Lipinski definition) is 2. The highest BCUT2D eigenvalue weighted by molar-refractivity contribution is 9.10. The topological polar surface area (TPSA) is 26.5 Å². The average Bonchev–Trinajstić information content (AvgIpc) is 2.48. The van der Waals surface area contributed by atoms with Gasteiger partial charge in [0.25, 0.3) is 0 Å². The van der Waals surface area contributed by atoms with Crippen molar-refractivity contribution in [1.29, 1.82) is 0 Å². The highest BCUT2D eigenvalue weighted by atomic mass is 79.9. The number of ether oxygens (including phenoxy) is 1. The average molecular weight is 262 g/mol. The lowest BCUT2D eigenvalue weighted by atomic mass is 10.4. The van der Waals surface area contributed by atoms with Crippen LogP contribution in [0.3, 0.4) is 0 Å². The van der Waals surface area contributed by atoms with Gasteiger partial charge < -0.3 is 4.74 Å². The Morgan fingerprint density at radius 2 is 2.31 bits per heavy atom. The van der Waals surface area contributed by atoms with Crippen LogP contribution in [0.15, 0.2) is 22.8 Å². The molecule has 0 aliphatic heterocycles. The summed E-state index contributed by atoms with van der Waals surface area (Å²) >= 11 is 9.28. The summed E-state index contributed by atoms with van der Waals surface area (Å²) in [6, 6.07) is 3.66. The zero-order valence-corrected chi connectivity index (χ0v) is 9.13. The van der Waals surface area contributed by atoms with Crippen LogP contribution in [-0.2, 0) is 0 Å². The monoisotopic (exact) mass is 260 g/mol. The van der Waals surface area contributed by atoms with E-state index < -0.39 is 0 Å². The third kappa shape index (κ3) is 1.30. The SMILES string of the molecule is COc1c(Cl)ccc2c(Br)cnn12. The number of fused-ring (bicyclic) bond motifs is 1. The summed E-state index contributed by atoms with van der Waals surface area (Å²) in [7, 11) is 1.57. The van der Waals surface area contributed by atoms with E-state index >= 15 is 0 Å². The number of halogens is 2. The number of rotatable bonds is 1. The van der Waals surface area contributed by atoms with E-state index in [1.165, 1.54) is 0 Å². The van der Waals surface area contributed by atoms with Gasteiger partial charge in [-0.1, -0.05) is 11.6 Å². The van der Waals surface area contributed by atoms with Crippen LogP contribution in [0.4, 0.5) is 0 Å². The zero-order valence-electron chi connectivity index (χ0n) is 6.79. The van der Waals surface area contributed by atoms with Gasteiger partial charge in [0.1, 0.15) is 5.02 Å². The van der Waals surface area contributed by atoms with Gasteiger partial charge in [-0.3, -0.25) is 0 Å². The first kappa shape index (κ1) is 8.84. The van der Waals surface area contributed by atoms with Gasteiger partial charge in [0.15, 0.2) is 0 Å². The van der Waals surface area contributed by atoms with E-state index in [9.17, 15) is 0 Å². The number of hydrogen-bond donors (Lipinski definition) is 0. The number of nitrogens with zero attached hydrogens (tertiary/aromatic N) is 2. The minimum atomic E-state index is 0.546. The van der Waals surface area contributed by atoms with Crippen molar-refractivity contribution in [3.8, 4) is 5.88 Å². The Kier molecular flexibility index (Phi) is 2.17. The van der Waals surface area contributed by atoms with E-state index in [1.54, 1.807) is 23.9 Å². The van der Waals surface area contributed by atoms with E-state index in [0.29, 0.717) is 10.9 Å². The molecule has 0 saturated heterocycles. The summed E-state index contributed by atoms with van der Waals surface area (Å²) in [6.07, 6.45) is 1.70. The predicted molar refractivity (Wildman–Crippen MR) is 54.5 cm³/mol. The van der Waals surface area contributed by atoms with Crippen LogP contribution in [0.5, 0.6) is 5.88 Å². The van der Waals surface area contributed by atoms with Crippen molar-refractivity contribution in [1.82, 2.24) is 9.61 Å². The van der Waals surface area contributed by atoms with E-state index in [4.69, 9.17) is 16.3 Å². The molecular weight excluding hydrogens is 255 g/mol. The van der Waals surface area contributed by atoms with E-state index in [-0.39, 0.29) is 0 Å². The van der Waals surface area contributed by atoms with Gasteiger partial charge in [0, 0.05) is 0 Å². The Balaban J connectivity index is 2.85. The Labute approximate surface area is 88.4 Å². The van der Waals surface area contributed by atoms with Gasteiger partial charge in [-0.05, 0) is 28.1 Å². The molecule has 0 spiro atoms. The van der Waals surface area contributed by atoms with Gasteiger partial charge in [-0.2, -0.15) is 9.61 Å². The van der Waals surface area contributed by atoms with Gasteiger partial charge in [-0.25, -0.2) is 0 Å². The molecule has 0 amide bonds. The zero-order chi connectivity index (χ0) is 9.42. The molecule has 5 heteroatoms. The van der Waals surface area contributed by atoms with Crippen LogP contribution in [0, 0.1) is 0 Å². The molecule has 3 nitrogen and oxygen atoms in total. The largest absolute Gasteiger partial charge is 0.480 e. The normalized spacial score (nSPS) is 10.7. The van der Waals surface area contributed by atoms with E-state index in [0.717, 1.165) is 9.99 Å². The lowest BCUT2D eigenvalue weighted by Gasteiger charge is -2.04. The Morgan fingerprint density at radius 1 is 1.54 bits per heavy atom. The molecule has 2 aromatic heterocycles. The third-order valence-corrected chi connectivity index (χ3v) is 2.64. The molecule has 0 radical (unpaired) electrons. The van der Waals surface area contributed by atoms with Crippen molar-refractivity contribution >= 4 is 33.0 Å². The molecule has 0 aliphatic rings. The summed E-state index contributed by atoms with van der Waals surface area (Å²) in [5.74, 6) is 0.546. The maximum absolute atomic E-state index is 5.91. The fraction of sp³-hybridized carbons (Fsp3) is 0.125. The molecule has 2 heterocycles. The number of aromatic nitrogens is 2. The van der Waals surface area contributed by atoms with Crippen molar-refractivity contribution < 1.29 is 4.74 Å². The highest BCUT2D eigenvalue weighted by Crippen LogP contribution is 2.28. The molecule has 0 fully saturated rings. The maximum atomic E-state index is 5.91. The molecule has 0 saturated carbocycles. The smallest absolute Gasteiger partial charge is 0.234 e. The summed E-state index contributed by atoms with van der Waals surface area (Å²) in [6.45, 7) is 0. The Morgan fingerprint density at radius 3 is 3.00 bits per heavy atom. The van der Waals surface area contributed by atoms with Gasteiger partial charge in [0.05, 0.1) is 23.3 Å². The number of methoxy groups -OCH3 is 1. The summed E-state index contributed by atoms with van der Waals surface area (Å²) < 4.78 is 7.68. The lowest BCUT2D eigenvalue weighted by Crippen LogP contribution is -1.95. The minimum Gasteiger partial charge on any atom is -0.480 e. The molecule has 0 atom stereocenters. The van der Waals surface area contributed by atoms with E-state index in [2.05, 4.69) is 21.0 Å². The summed E-state index contributed by atoms with van der Waals surface area (Å²) in [5.41, 5.74) is 0.932. The standard InChI is InChI=1S/C8H6BrClN2O/c1-13-8-6(10)2-3-7-5(9)4-11-12(7)8/h2-4H,1H3. The second-order valence-electron chi connectivity index (χ2n) is 2.48. The maximum Gasteiger partial charge on any atom is 0.234 e. The first-order chi connectivity index (χ1) is 6.24. The molecule has 0 N–H and O–H groups in total. The molecule has 0 unspecified atom stereocenters. The van der Waals surface area contributed by atoms with Gasteiger partial charge >= 0.3 is 0 Å². The molecule has 0 aromatic carbocycles. The van der Waals surface area contributed by atoms with Crippen LogP contribution in [0.2, 0.25) is 5.02 Å². The predicted octanol–water partition coefficient (Wildman–Crippen LogP) is 2.76. The molecular formula is C8H6BrClN2O. The van der Waals surface area contributed by atoms with Gasteiger partial charge in [-0.15, -0.1) is 0 Å². The van der Waals surface area contributed by atoms with Crippen LogP contribution < -0.4 is 4.74 Å². The molecule has 0 aliphatic carbocycles. The minimum absolute atomic E-state index is 0.546. The summed E-state index contributed by atoms with van der Waals surface area (Å²) in [4.78, 5) is 0. The number of pyridine rings is 1. The van der Waals surface area contributed by atoms with Gasteiger partial charge in [0.2, 0.25) is 5.88 Å². The second kappa shape index (κ2) is 3.20. The van der Waals surface area contributed by atoms with Crippen molar-refractivity contribution in [3.05, 3.63) is 27.8 Å². The fourth-order valence-corrected chi connectivity index (χ4v) is 1.77. The Bertz CT molecular complexity index is 455. The third-order valence-electron chi connectivity index (χ3n) is 1.74. The van der Waals surface area contributed by atoms with E-state index in [1.807, 2.05) is 6.07 Å². The van der Waals surface area contributed by atoms with Crippen molar-refractivity contribution in [3.63, 3.8) is 0 Å². The molecule has 68 valence electrons. The lowest BCUT2D eigenvalue weighted by molar-refractivity contribution is 0.386. The van der Waals surface area contributed by atoms with Crippen LogP contribution >= 0.6 is 27.5 Å². The van der Waals surface area contributed by atoms with Crippen LogP contribution in [0.1, 0.15) is 0 Å². The molecule has 2 rings (SSSR count). The first-order valence-electron chi connectivity index (χ1n) is 3.60. The molecule has 2 aromatic rings. The highest BCUT2D eigenvalue weighted by Gasteiger charge is 2.08.